The molecule has 2 aromatic carbocycles. The van der Waals surface area contributed by atoms with Gasteiger partial charge in [0, 0.05) is 0 Å². The van der Waals surface area contributed by atoms with Crippen LogP contribution in [0.25, 0.3) is 11.1 Å². The smallest absolute Gasteiger partial charge is 0.305 e. The van der Waals surface area contributed by atoms with E-state index in [0.29, 0.717) is 5.75 Å². The fourth-order valence-electron chi connectivity index (χ4n) is 1.71. The molecule has 0 radical (unpaired) electrons. The highest BCUT2D eigenvalue weighted by molar-refractivity contribution is 7.74. The molecule has 2 atom stereocenters. The van der Waals surface area contributed by atoms with E-state index in [1.165, 1.54) is 0 Å². The molecule has 0 heterocycles. The van der Waals surface area contributed by atoms with Crippen molar-refractivity contribution >= 4 is 11.4 Å². The van der Waals surface area contributed by atoms with Crippen LogP contribution < -0.4 is 4.74 Å². The SMILES string of the molecule is CC(Oc1cccc(-c2ccccc2)c1)OS(=O)O. The molecule has 0 bridgehead atoms. The lowest BCUT2D eigenvalue weighted by Gasteiger charge is -2.13. The van der Waals surface area contributed by atoms with Crippen LogP contribution >= 0.6 is 0 Å². The van der Waals surface area contributed by atoms with Crippen molar-refractivity contribution in [1.29, 1.82) is 0 Å². The topological polar surface area (TPSA) is 55.8 Å². The normalized spacial score (nSPS) is 13.8. The maximum Gasteiger partial charge on any atom is 0.305 e. The van der Waals surface area contributed by atoms with E-state index in [9.17, 15) is 4.21 Å². The molecule has 19 heavy (non-hydrogen) atoms. The van der Waals surface area contributed by atoms with E-state index in [-0.39, 0.29) is 0 Å². The van der Waals surface area contributed by atoms with Crippen molar-refractivity contribution < 1.29 is 17.7 Å². The van der Waals surface area contributed by atoms with Crippen LogP contribution in [0, 0.1) is 0 Å². The Morgan fingerprint density at radius 3 is 2.42 bits per heavy atom. The molecule has 0 aliphatic heterocycles. The van der Waals surface area contributed by atoms with Crippen LogP contribution in [0.15, 0.2) is 54.6 Å². The van der Waals surface area contributed by atoms with E-state index in [0.717, 1.165) is 11.1 Å². The Morgan fingerprint density at radius 2 is 1.74 bits per heavy atom. The Labute approximate surface area is 114 Å². The lowest BCUT2D eigenvalue weighted by Crippen LogP contribution is -2.17. The monoisotopic (exact) mass is 278 g/mol. The summed E-state index contributed by atoms with van der Waals surface area (Å²) in [5.41, 5.74) is 2.09. The molecule has 0 spiro atoms. The van der Waals surface area contributed by atoms with Gasteiger partial charge < -0.3 is 4.74 Å². The number of benzene rings is 2. The van der Waals surface area contributed by atoms with Crippen molar-refractivity contribution in [3.8, 4) is 16.9 Å². The van der Waals surface area contributed by atoms with Gasteiger partial charge in [0.25, 0.3) is 0 Å². The van der Waals surface area contributed by atoms with Gasteiger partial charge in [-0.15, -0.1) is 0 Å². The molecule has 2 aromatic rings. The molecule has 4 nitrogen and oxygen atoms in total. The summed E-state index contributed by atoms with van der Waals surface area (Å²) in [4.78, 5) is 0. The summed E-state index contributed by atoms with van der Waals surface area (Å²) in [6, 6.07) is 17.3. The van der Waals surface area contributed by atoms with Gasteiger partial charge in [-0.2, -0.15) is 4.21 Å². The molecule has 0 saturated heterocycles. The lowest BCUT2D eigenvalue weighted by atomic mass is 10.1. The van der Waals surface area contributed by atoms with Crippen molar-refractivity contribution in [3.63, 3.8) is 0 Å². The molecule has 100 valence electrons. The third-order valence-electron chi connectivity index (χ3n) is 2.46. The predicted molar refractivity (Wildman–Crippen MR) is 73.8 cm³/mol. The highest BCUT2D eigenvalue weighted by Gasteiger charge is 2.08. The zero-order valence-corrected chi connectivity index (χ0v) is 11.2. The van der Waals surface area contributed by atoms with Crippen LogP contribution in [0.4, 0.5) is 0 Å². The van der Waals surface area contributed by atoms with Crippen LogP contribution in [0.2, 0.25) is 0 Å². The van der Waals surface area contributed by atoms with Crippen LogP contribution in [-0.2, 0) is 15.5 Å². The highest BCUT2D eigenvalue weighted by atomic mass is 32.2. The first-order valence-electron chi connectivity index (χ1n) is 5.75. The first-order valence-corrected chi connectivity index (χ1v) is 6.78. The zero-order valence-electron chi connectivity index (χ0n) is 10.4. The van der Waals surface area contributed by atoms with Gasteiger partial charge in [0.05, 0.1) is 0 Å². The third kappa shape index (κ3) is 4.17. The van der Waals surface area contributed by atoms with Crippen molar-refractivity contribution in [3.05, 3.63) is 54.6 Å². The second kappa shape index (κ2) is 6.47. The highest BCUT2D eigenvalue weighted by Crippen LogP contribution is 2.24. The van der Waals surface area contributed by atoms with Crippen LogP contribution in [-0.4, -0.2) is 15.1 Å². The Bertz CT molecular complexity index is 556. The van der Waals surface area contributed by atoms with Crippen molar-refractivity contribution in [2.75, 3.05) is 0 Å². The summed E-state index contributed by atoms with van der Waals surface area (Å²) >= 11 is -2.34. The Kier molecular flexibility index (Phi) is 4.68. The van der Waals surface area contributed by atoms with Gasteiger partial charge in [-0.3, -0.25) is 4.55 Å². The maximum atomic E-state index is 10.5. The summed E-state index contributed by atoms with van der Waals surface area (Å²) in [5, 5.41) is 0. The van der Waals surface area contributed by atoms with E-state index < -0.39 is 17.7 Å². The van der Waals surface area contributed by atoms with Crippen molar-refractivity contribution in [2.45, 2.75) is 13.2 Å². The Balaban J connectivity index is 2.14. The van der Waals surface area contributed by atoms with Crippen molar-refractivity contribution in [1.82, 2.24) is 0 Å². The molecule has 0 aliphatic carbocycles. The van der Waals surface area contributed by atoms with Gasteiger partial charge >= 0.3 is 11.4 Å². The standard InChI is InChI=1S/C14H14O4S/c1-11(18-19(15)16)17-14-9-5-8-13(10-14)12-6-3-2-4-7-12/h2-11H,1H3,(H,15,16). The van der Waals surface area contributed by atoms with Gasteiger partial charge in [-0.1, -0.05) is 42.5 Å². The molecule has 0 aromatic heterocycles. The fraction of sp³-hybridized carbons (Fsp3) is 0.143. The van der Waals surface area contributed by atoms with Gasteiger partial charge in [-0.05, 0) is 30.2 Å². The Hall–Kier alpha value is -1.69. The second-order valence-electron chi connectivity index (χ2n) is 3.89. The fourth-order valence-corrected chi connectivity index (χ4v) is 1.98. The summed E-state index contributed by atoms with van der Waals surface area (Å²) in [6.45, 7) is 1.56. The van der Waals surface area contributed by atoms with E-state index in [2.05, 4.69) is 4.18 Å². The largest absolute Gasteiger partial charge is 0.464 e. The molecule has 2 unspecified atom stereocenters. The van der Waals surface area contributed by atoms with Gasteiger partial charge in [0.1, 0.15) is 5.75 Å². The Morgan fingerprint density at radius 1 is 1.05 bits per heavy atom. The molecule has 0 fully saturated rings. The van der Waals surface area contributed by atoms with E-state index in [4.69, 9.17) is 9.29 Å². The first kappa shape index (κ1) is 13.7. The average molecular weight is 278 g/mol. The minimum Gasteiger partial charge on any atom is -0.464 e. The summed E-state index contributed by atoms with van der Waals surface area (Å²) in [7, 11) is 0. The summed E-state index contributed by atoms with van der Waals surface area (Å²) in [6.07, 6.45) is -0.795. The maximum absolute atomic E-state index is 10.5. The predicted octanol–water partition coefficient (Wildman–Crippen LogP) is 3.23. The van der Waals surface area contributed by atoms with E-state index >= 15 is 0 Å². The molecule has 1 N–H and O–H groups in total. The second-order valence-corrected chi connectivity index (χ2v) is 4.52. The molecular formula is C14H14O4S. The minimum atomic E-state index is -2.34. The number of hydrogen-bond donors (Lipinski definition) is 1. The average Bonchev–Trinajstić information content (AvgIpc) is 2.39. The number of ether oxygens (including phenoxy) is 1. The molecular weight excluding hydrogens is 264 g/mol. The van der Waals surface area contributed by atoms with Crippen LogP contribution in [0.5, 0.6) is 5.75 Å². The van der Waals surface area contributed by atoms with Gasteiger partial charge in [0.2, 0.25) is 6.29 Å². The minimum absolute atomic E-state index is 0.583. The van der Waals surface area contributed by atoms with E-state index in [1.807, 2.05) is 48.5 Å². The number of hydrogen-bond acceptors (Lipinski definition) is 3. The molecule has 0 saturated carbocycles. The molecule has 0 aliphatic rings. The van der Waals surface area contributed by atoms with Gasteiger partial charge in [0.15, 0.2) is 0 Å². The van der Waals surface area contributed by atoms with Crippen LogP contribution in [0.3, 0.4) is 0 Å². The van der Waals surface area contributed by atoms with Crippen LogP contribution in [0.1, 0.15) is 6.92 Å². The van der Waals surface area contributed by atoms with Crippen molar-refractivity contribution in [2.24, 2.45) is 0 Å². The van der Waals surface area contributed by atoms with E-state index in [1.54, 1.807) is 13.0 Å². The molecule has 5 heteroatoms. The number of rotatable bonds is 5. The third-order valence-corrected chi connectivity index (χ3v) is 2.90. The zero-order chi connectivity index (χ0) is 13.7. The summed E-state index contributed by atoms with van der Waals surface area (Å²) < 4.78 is 29.1. The lowest BCUT2D eigenvalue weighted by molar-refractivity contribution is 0.0268. The summed E-state index contributed by atoms with van der Waals surface area (Å²) in [5.74, 6) is 0.583. The first-order chi connectivity index (χ1) is 9.15. The van der Waals surface area contributed by atoms with Gasteiger partial charge in [-0.25, -0.2) is 4.18 Å². The quantitative estimate of drug-likeness (QED) is 0.674. The molecule has 0 amide bonds. The molecule has 2 rings (SSSR count).